The number of nitrogens with two attached hydrogens (primary N) is 1. The topological polar surface area (TPSA) is 105 Å². The molecule has 0 unspecified atom stereocenters. The Hall–Kier alpha value is -1.67. The summed E-state index contributed by atoms with van der Waals surface area (Å²) >= 11 is 0. The van der Waals surface area contributed by atoms with Gasteiger partial charge in [0.2, 0.25) is 5.91 Å². The average molecular weight is 517 g/mol. The Morgan fingerprint density at radius 1 is 1.11 bits per heavy atom. The molecule has 2 aliphatic carbocycles. The van der Waals surface area contributed by atoms with Gasteiger partial charge in [0, 0.05) is 50.2 Å². The maximum Gasteiger partial charge on any atom is 0.225 e. The number of amides is 1. The first-order valence-electron chi connectivity index (χ1n) is 14.6. The number of hydrogen-bond donors (Lipinski definition) is 3. The molecular formula is C30H48N2O5. The first-order valence-corrected chi connectivity index (χ1v) is 14.6. The average Bonchev–Trinajstić information content (AvgIpc) is 3.28. The molecule has 2 saturated carbocycles. The molecule has 0 spiro atoms. The second-order valence-corrected chi connectivity index (χ2v) is 11.7. The summed E-state index contributed by atoms with van der Waals surface area (Å²) in [6.45, 7) is 2.56. The van der Waals surface area contributed by atoms with Gasteiger partial charge in [-0.3, -0.25) is 4.79 Å². The van der Waals surface area contributed by atoms with Crippen LogP contribution >= 0.6 is 0 Å². The number of nitrogens with zero attached hydrogens (tertiary/aromatic N) is 1. The van der Waals surface area contributed by atoms with Crippen LogP contribution in [0.25, 0.3) is 0 Å². The molecule has 1 aromatic carbocycles. The Balaban J connectivity index is 1.52. The van der Waals surface area contributed by atoms with Gasteiger partial charge in [-0.25, -0.2) is 0 Å². The zero-order chi connectivity index (χ0) is 26.3. The van der Waals surface area contributed by atoms with E-state index in [0.29, 0.717) is 51.5 Å². The number of ether oxygens (including phenoxy) is 2. The lowest BCUT2D eigenvalue weighted by Crippen LogP contribution is -2.49. The lowest BCUT2D eigenvalue weighted by molar-refractivity contribution is -0.141. The summed E-state index contributed by atoms with van der Waals surface area (Å²) in [7, 11) is 1.71. The summed E-state index contributed by atoms with van der Waals surface area (Å²) in [4.78, 5) is 15.3. The molecule has 0 bridgehead atoms. The van der Waals surface area contributed by atoms with Crippen molar-refractivity contribution in [2.45, 2.75) is 94.8 Å². The van der Waals surface area contributed by atoms with E-state index >= 15 is 0 Å². The number of carbonyl (C=O) groups is 1. The van der Waals surface area contributed by atoms with Gasteiger partial charge in [-0.2, -0.15) is 0 Å². The van der Waals surface area contributed by atoms with E-state index in [1.807, 2.05) is 29.2 Å². The summed E-state index contributed by atoms with van der Waals surface area (Å²) in [6, 6.07) is 7.64. The second kappa shape index (κ2) is 13.4. The fraction of sp³-hybridized carbons (Fsp3) is 0.767. The highest BCUT2D eigenvalue weighted by Crippen LogP contribution is 2.44. The molecule has 1 aromatic rings. The highest BCUT2D eigenvalue weighted by molar-refractivity contribution is 5.79. The minimum absolute atomic E-state index is 0.0697. The van der Waals surface area contributed by atoms with Gasteiger partial charge in [-0.1, -0.05) is 37.5 Å². The molecule has 1 aliphatic heterocycles. The van der Waals surface area contributed by atoms with Crippen molar-refractivity contribution in [1.82, 2.24) is 4.90 Å². The summed E-state index contributed by atoms with van der Waals surface area (Å²) in [5.74, 6) is 1.10. The monoisotopic (exact) mass is 516 g/mol. The van der Waals surface area contributed by atoms with Gasteiger partial charge >= 0.3 is 0 Å². The van der Waals surface area contributed by atoms with Crippen molar-refractivity contribution in [1.29, 1.82) is 0 Å². The van der Waals surface area contributed by atoms with Gasteiger partial charge in [0.1, 0.15) is 5.75 Å². The van der Waals surface area contributed by atoms with Crippen molar-refractivity contribution in [3.05, 3.63) is 29.8 Å². The lowest BCUT2D eigenvalue weighted by Gasteiger charge is -2.44. The number of aliphatic hydroxyl groups excluding tert-OH is 1. The van der Waals surface area contributed by atoms with Crippen LogP contribution in [0.2, 0.25) is 0 Å². The number of piperidine rings is 1. The van der Waals surface area contributed by atoms with E-state index < -0.39 is 11.7 Å². The maximum atomic E-state index is 13.4. The van der Waals surface area contributed by atoms with Gasteiger partial charge in [0.25, 0.3) is 0 Å². The number of benzene rings is 1. The van der Waals surface area contributed by atoms with Crippen LogP contribution in [0, 0.1) is 17.8 Å². The number of likely N-dealkylation sites (tertiary alicyclic amines) is 1. The Morgan fingerprint density at radius 2 is 1.89 bits per heavy atom. The molecule has 3 fully saturated rings. The Bertz CT molecular complexity index is 850. The van der Waals surface area contributed by atoms with Crippen molar-refractivity contribution in [3.8, 4) is 5.75 Å². The predicted molar refractivity (Wildman–Crippen MR) is 144 cm³/mol. The highest BCUT2D eigenvalue weighted by atomic mass is 16.5. The molecule has 5 atom stereocenters. The van der Waals surface area contributed by atoms with Crippen LogP contribution in [0.1, 0.15) is 82.6 Å². The standard InChI is InChI=1S/C30H48N2O5/c1-36-17-8-7-15-30(35,25-13-5-6-14-28(25)37-21-22-10-3-2-4-11-22)24-12-9-16-32(20-24)29(34)23-18-26(31)27(33)19-23/h5-6,13-14,22-24,26-27,33,35H,2-4,7-12,15-21,31H2,1H3/t23-,24+,26+,27-,30-/m0/s1. The van der Waals surface area contributed by atoms with E-state index in [-0.39, 0.29) is 23.8 Å². The van der Waals surface area contributed by atoms with E-state index in [2.05, 4.69) is 0 Å². The molecular weight excluding hydrogens is 468 g/mol. The van der Waals surface area contributed by atoms with Crippen molar-refractivity contribution in [3.63, 3.8) is 0 Å². The Labute approximate surface area is 222 Å². The predicted octanol–water partition coefficient (Wildman–Crippen LogP) is 3.99. The second-order valence-electron chi connectivity index (χ2n) is 11.7. The van der Waals surface area contributed by atoms with Crippen LogP contribution < -0.4 is 10.5 Å². The number of rotatable bonds is 11. The first-order chi connectivity index (χ1) is 17.9. The Morgan fingerprint density at radius 3 is 2.62 bits per heavy atom. The van der Waals surface area contributed by atoms with E-state index in [0.717, 1.165) is 37.0 Å². The van der Waals surface area contributed by atoms with Gasteiger partial charge in [-0.05, 0) is 69.8 Å². The number of carbonyl (C=O) groups excluding carboxylic acids is 1. The van der Waals surface area contributed by atoms with Crippen LogP contribution in [-0.2, 0) is 15.1 Å². The first kappa shape index (κ1) is 28.3. The third-order valence-electron chi connectivity index (χ3n) is 9.04. The number of aliphatic hydroxyl groups is 2. The molecule has 208 valence electrons. The molecule has 7 nitrogen and oxygen atoms in total. The van der Waals surface area contributed by atoms with Crippen LogP contribution in [0.5, 0.6) is 5.75 Å². The zero-order valence-electron chi connectivity index (χ0n) is 22.7. The third kappa shape index (κ3) is 7.05. The molecule has 37 heavy (non-hydrogen) atoms. The normalized spacial score (nSPS) is 28.7. The molecule has 1 heterocycles. The van der Waals surface area contributed by atoms with Crippen molar-refractivity contribution < 1.29 is 24.5 Å². The van der Waals surface area contributed by atoms with E-state index in [4.69, 9.17) is 15.2 Å². The van der Waals surface area contributed by atoms with Gasteiger partial charge in [0.05, 0.1) is 18.3 Å². The van der Waals surface area contributed by atoms with Gasteiger partial charge in [0.15, 0.2) is 0 Å². The SMILES string of the molecule is COCCCC[C@@](O)(c1ccccc1OCC1CCCCC1)[C@@H]1CCCN(C(=O)[C@H]2C[C@@H](N)[C@@H](O)C2)C1. The number of hydrogen-bond acceptors (Lipinski definition) is 6. The van der Waals surface area contributed by atoms with E-state index in [1.165, 1.54) is 32.1 Å². The van der Waals surface area contributed by atoms with Crippen molar-refractivity contribution >= 4 is 5.91 Å². The number of methoxy groups -OCH3 is 1. The van der Waals surface area contributed by atoms with Crippen molar-refractivity contribution in [2.24, 2.45) is 23.5 Å². The minimum atomic E-state index is -1.10. The number of unbranched alkanes of at least 4 members (excludes halogenated alkanes) is 1. The molecule has 0 radical (unpaired) electrons. The quantitative estimate of drug-likeness (QED) is 0.384. The summed E-state index contributed by atoms with van der Waals surface area (Å²) in [5, 5.41) is 22.6. The van der Waals surface area contributed by atoms with Gasteiger partial charge < -0.3 is 30.3 Å². The Kier molecular flexibility index (Phi) is 10.3. The third-order valence-corrected chi connectivity index (χ3v) is 9.04. The maximum absolute atomic E-state index is 13.4. The van der Waals surface area contributed by atoms with Crippen LogP contribution in [0.4, 0.5) is 0 Å². The summed E-state index contributed by atoms with van der Waals surface area (Å²) in [6.07, 6.45) is 10.6. The fourth-order valence-electron chi connectivity index (χ4n) is 6.79. The molecule has 1 saturated heterocycles. The van der Waals surface area contributed by atoms with Crippen LogP contribution in [0.15, 0.2) is 24.3 Å². The molecule has 3 aliphatic rings. The fourth-order valence-corrected chi connectivity index (χ4v) is 6.79. The highest BCUT2D eigenvalue weighted by Gasteiger charge is 2.44. The summed E-state index contributed by atoms with van der Waals surface area (Å²) in [5.41, 5.74) is 5.75. The molecule has 7 heteroatoms. The largest absolute Gasteiger partial charge is 0.493 e. The van der Waals surface area contributed by atoms with E-state index in [9.17, 15) is 15.0 Å². The van der Waals surface area contributed by atoms with Crippen molar-refractivity contribution in [2.75, 3.05) is 33.4 Å². The molecule has 4 N–H and O–H groups in total. The summed E-state index contributed by atoms with van der Waals surface area (Å²) < 4.78 is 11.7. The zero-order valence-corrected chi connectivity index (χ0v) is 22.7. The number of para-hydroxylation sites is 1. The minimum Gasteiger partial charge on any atom is -0.493 e. The molecule has 0 aromatic heterocycles. The van der Waals surface area contributed by atoms with Crippen LogP contribution in [0.3, 0.4) is 0 Å². The van der Waals surface area contributed by atoms with E-state index in [1.54, 1.807) is 7.11 Å². The van der Waals surface area contributed by atoms with Crippen LogP contribution in [-0.4, -0.2) is 66.6 Å². The molecule has 4 rings (SSSR count). The lowest BCUT2D eigenvalue weighted by atomic mass is 9.73. The smallest absolute Gasteiger partial charge is 0.225 e. The molecule has 1 amide bonds. The van der Waals surface area contributed by atoms with Gasteiger partial charge in [-0.15, -0.1) is 0 Å².